The maximum atomic E-state index is 6.26. The minimum absolute atomic E-state index is 0.444. The van der Waals surface area contributed by atoms with E-state index in [0.717, 1.165) is 42.7 Å². The van der Waals surface area contributed by atoms with Gasteiger partial charge in [0.05, 0.1) is 25.5 Å². The van der Waals surface area contributed by atoms with E-state index in [1.165, 1.54) is 5.56 Å². The highest BCUT2D eigenvalue weighted by Crippen LogP contribution is 2.42. The van der Waals surface area contributed by atoms with Gasteiger partial charge in [-0.3, -0.25) is 0 Å². The molecule has 1 saturated heterocycles. The molecule has 132 valence electrons. The number of hydrogen-bond donors (Lipinski definition) is 0. The number of rotatable bonds is 5. The van der Waals surface area contributed by atoms with Crippen molar-refractivity contribution in [3.05, 3.63) is 58.4 Å². The van der Waals surface area contributed by atoms with Crippen LogP contribution >= 0.6 is 11.6 Å². The summed E-state index contributed by atoms with van der Waals surface area (Å²) in [6, 6.07) is 12.3. The number of aromatic nitrogens is 1. The molecule has 1 unspecified atom stereocenters. The minimum Gasteiger partial charge on any atom is -0.493 e. The highest BCUT2D eigenvalue weighted by molar-refractivity contribution is 6.29. The lowest BCUT2D eigenvalue weighted by Crippen LogP contribution is -2.37. The fourth-order valence-corrected chi connectivity index (χ4v) is 3.82. The highest BCUT2D eigenvalue weighted by atomic mass is 35.5. The molecular weight excluding hydrogens is 338 g/mol. The first kappa shape index (κ1) is 16.8. The van der Waals surface area contributed by atoms with Crippen molar-refractivity contribution in [2.45, 2.75) is 31.3 Å². The molecule has 1 atom stereocenters. The van der Waals surface area contributed by atoms with E-state index in [-0.39, 0.29) is 0 Å². The van der Waals surface area contributed by atoms with Crippen LogP contribution in [-0.2, 0) is 27.9 Å². The first-order chi connectivity index (χ1) is 12.3. The van der Waals surface area contributed by atoms with Gasteiger partial charge >= 0.3 is 0 Å². The third-order valence-corrected chi connectivity index (χ3v) is 5.10. The number of hydrogen-bond acceptors (Lipinski definition) is 4. The van der Waals surface area contributed by atoms with Gasteiger partial charge in [-0.15, -0.1) is 0 Å². The summed E-state index contributed by atoms with van der Waals surface area (Å²) >= 11 is 6.26. The van der Waals surface area contributed by atoms with E-state index in [4.69, 9.17) is 25.8 Å². The Balaban J connectivity index is 1.48. The van der Waals surface area contributed by atoms with Gasteiger partial charge < -0.3 is 14.2 Å². The van der Waals surface area contributed by atoms with E-state index in [1.807, 2.05) is 12.1 Å². The molecular formula is C20H22ClNO3. The summed E-state index contributed by atoms with van der Waals surface area (Å²) in [4.78, 5) is 4.57. The quantitative estimate of drug-likeness (QED) is 0.599. The Hall–Kier alpha value is -1.62. The Morgan fingerprint density at radius 1 is 1.20 bits per heavy atom. The van der Waals surface area contributed by atoms with Crippen LogP contribution in [0, 0.1) is 0 Å². The first-order valence-electron chi connectivity index (χ1n) is 8.85. The fourth-order valence-electron chi connectivity index (χ4n) is 3.63. The van der Waals surface area contributed by atoms with Gasteiger partial charge in [0.15, 0.2) is 0 Å². The van der Waals surface area contributed by atoms with Crippen molar-refractivity contribution < 1.29 is 14.2 Å². The van der Waals surface area contributed by atoms with Crippen molar-refractivity contribution in [3.63, 3.8) is 0 Å². The third kappa shape index (κ3) is 3.52. The van der Waals surface area contributed by atoms with E-state index >= 15 is 0 Å². The van der Waals surface area contributed by atoms with Crippen molar-refractivity contribution in [2.24, 2.45) is 0 Å². The zero-order valence-electron chi connectivity index (χ0n) is 14.2. The Bertz CT molecular complexity index is 729. The van der Waals surface area contributed by atoms with Gasteiger partial charge in [-0.05, 0) is 18.4 Å². The van der Waals surface area contributed by atoms with Crippen LogP contribution in [0.3, 0.4) is 0 Å². The zero-order chi connectivity index (χ0) is 17.1. The van der Waals surface area contributed by atoms with Gasteiger partial charge in [0.25, 0.3) is 0 Å². The van der Waals surface area contributed by atoms with Crippen LogP contribution in [0.2, 0.25) is 5.15 Å². The summed E-state index contributed by atoms with van der Waals surface area (Å²) in [5.74, 6) is 0.845. The molecule has 1 aromatic carbocycles. The number of pyridine rings is 1. The van der Waals surface area contributed by atoms with E-state index in [9.17, 15) is 0 Å². The SMILES string of the molecule is Clc1cc(OCCCc2ccccc2)c2c(n1)C1(CCOC1)OCC2. The summed E-state index contributed by atoms with van der Waals surface area (Å²) in [6.45, 7) is 2.56. The van der Waals surface area contributed by atoms with Crippen LogP contribution in [0.25, 0.3) is 0 Å². The average Bonchev–Trinajstić information content (AvgIpc) is 3.10. The maximum Gasteiger partial charge on any atom is 0.136 e. The molecule has 5 heteroatoms. The smallest absolute Gasteiger partial charge is 0.136 e. The second-order valence-corrected chi connectivity index (χ2v) is 6.99. The predicted molar refractivity (Wildman–Crippen MR) is 96.3 cm³/mol. The highest BCUT2D eigenvalue weighted by Gasteiger charge is 2.44. The molecule has 4 rings (SSSR count). The largest absolute Gasteiger partial charge is 0.493 e. The van der Waals surface area contributed by atoms with Crippen molar-refractivity contribution in [1.82, 2.24) is 4.98 Å². The normalized spacial score (nSPS) is 22.1. The molecule has 2 aliphatic heterocycles. The lowest BCUT2D eigenvalue weighted by molar-refractivity contribution is -0.0670. The fraction of sp³-hybridized carbons (Fsp3) is 0.450. The van der Waals surface area contributed by atoms with Crippen LogP contribution in [0.1, 0.15) is 29.7 Å². The molecule has 2 aliphatic rings. The molecule has 1 fully saturated rings. The van der Waals surface area contributed by atoms with Crippen LogP contribution in [0.15, 0.2) is 36.4 Å². The van der Waals surface area contributed by atoms with Crippen LogP contribution in [0.4, 0.5) is 0 Å². The summed E-state index contributed by atoms with van der Waals surface area (Å²) in [5, 5.41) is 0.452. The van der Waals surface area contributed by atoms with Gasteiger partial charge in [0, 0.05) is 31.1 Å². The molecule has 0 saturated carbocycles. The molecule has 0 radical (unpaired) electrons. The Labute approximate surface area is 153 Å². The van der Waals surface area contributed by atoms with Gasteiger partial charge in [-0.25, -0.2) is 4.98 Å². The number of halogens is 1. The van der Waals surface area contributed by atoms with E-state index in [1.54, 1.807) is 0 Å². The van der Waals surface area contributed by atoms with Gasteiger partial charge in [0.2, 0.25) is 0 Å². The van der Waals surface area contributed by atoms with E-state index < -0.39 is 5.60 Å². The van der Waals surface area contributed by atoms with E-state index in [0.29, 0.717) is 31.6 Å². The molecule has 1 spiro atoms. The van der Waals surface area contributed by atoms with Crippen molar-refractivity contribution in [3.8, 4) is 5.75 Å². The average molecular weight is 360 g/mol. The van der Waals surface area contributed by atoms with Crippen LogP contribution in [-0.4, -0.2) is 31.4 Å². The number of fused-ring (bicyclic) bond motifs is 2. The van der Waals surface area contributed by atoms with Crippen molar-refractivity contribution in [1.29, 1.82) is 0 Å². The molecule has 1 aromatic heterocycles. The summed E-state index contributed by atoms with van der Waals surface area (Å²) in [7, 11) is 0. The van der Waals surface area contributed by atoms with Gasteiger partial charge in [-0.1, -0.05) is 41.9 Å². The second-order valence-electron chi connectivity index (χ2n) is 6.60. The number of benzene rings is 1. The summed E-state index contributed by atoms with van der Waals surface area (Å²) < 4.78 is 17.7. The summed E-state index contributed by atoms with van der Waals surface area (Å²) in [6.07, 6.45) is 3.59. The molecule has 2 aromatic rings. The lowest BCUT2D eigenvalue weighted by Gasteiger charge is -2.34. The molecule has 0 N–H and O–H groups in total. The third-order valence-electron chi connectivity index (χ3n) is 4.91. The van der Waals surface area contributed by atoms with E-state index in [2.05, 4.69) is 29.2 Å². The number of aryl methyl sites for hydroxylation is 1. The molecule has 4 nitrogen and oxygen atoms in total. The zero-order valence-corrected chi connectivity index (χ0v) is 14.9. The lowest BCUT2D eigenvalue weighted by atomic mass is 9.90. The monoisotopic (exact) mass is 359 g/mol. The molecule has 0 amide bonds. The molecule has 0 aliphatic carbocycles. The molecule has 25 heavy (non-hydrogen) atoms. The topological polar surface area (TPSA) is 40.6 Å². The molecule has 0 bridgehead atoms. The Morgan fingerprint density at radius 2 is 2.08 bits per heavy atom. The van der Waals surface area contributed by atoms with Gasteiger partial charge in [-0.2, -0.15) is 0 Å². The van der Waals surface area contributed by atoms with Crippen molar-refractivity contribution in [2.75, 3.05) is 26.4 Å². The molecule has 3 heterocycles. The summed E-state index contributed by atoms with van der Waals surface area (Å²) in [5.41, 5.74) is 2.92. The van der Waals surface area contributed by atoms with Crippen molar-refractivity contribution >= 4 is 11.6 Å². The standard InChI is InChI=1S/C20H22ClNO3/c21-18-13-17(24-10-4-7-15-5-2-1-3-6-15)16-8-11-25-20(19(16)22-18)9-12-23-14-20/h1-3,5-6,13H,4,7-12,14H2. The van der Waals surface area contributed by atoms with Gasteiger partial charge in [0.1, 0.15) is 16.5 Å². The Morgan fingerprint density at radius 3 is 2.88 bits per heavy atom. The minimum atomic E-state index is -0.444. The maximum absolute atomic E-state index is 6.26. The first-order valence-corrected chi connectivity index (χ1v) is 9.23. The van der Waals surface area contributed by atoms with Crippen LogP contribution in [0.5, 0.6) is 5.75 Å². The predicted octanol–water partition coefficient (Wildman–Crippen LogP) is 3.93. The van der Waals surface area contributed by atoms with Crippen LogP contribution < -0.4 is 4.74 Å². The number of nitrogens with zero attached hydrogens (tertiary/aromatic N) is 1. The second kappa shape index (κ2) is 7.32. The Kier molecular flexibility index (Phi) is 4.93. The number of ether oxygens (including phenoxy) is 3.